The van der Waals surface area contributed by atoms with Gasteiger partial charge in [0, 0.05) is 16.3 Å². The Balaban J connectivity index is 1.92. The molecule has 0 unspecified atom stereocenters. The molecule has 0 aromatic carbocycles. The van der Waals surface area contributed by atoms with Crippen LogP contribution in [0, 0.1) is 0 Å². The fraction of sp³-hybridized carbons (Fsp3) is 0.333. The van der Waals surface area contributed by atoms with Crippen molar-refractivity contribution >= 4 is 32.9 Å². The summed E-state index contributed by atoms with van der Waals surface area (Å²) in [7, 11) is 0. The van der Waals surface area contributed by atoms with E-state index in [0.29, 0.717) is 0 Å². The molecule has 21 heavy (non-hydrogen) atoms. The highest BCUT2D eigenvalue weighted by Crippen LogP contribution is 2.30. The minimum Gasteiger partial charge on any atom is -0.312 e. The van der Waals surface area contributed by atoms with E-state index in [-0.39, 0.29) is 11.6 Å². The number of hydrogen-bond acceptors (Lipinski definition) is 5. The predicted molar refractivity (Wildman–Crippen MR) is 87.4 cm³/mol. The molecule has 0 bridgehead atoms. The van der Waals surface area contributed by atoms with Crippen molar-refractivity contribution in [1.82, 2.24) is 14.9 Å². The van der Waals surface area contributed by atoms with Gasteiger partial charge in [-0.05, 0) is 36.9 Å². The third kappa shape index (κ3) is 2.06. The lowest BCUT2D eigenvalue weighted by Gasteiger charge is -2.14. The normalized spacial score (nSPS) is 16.0. The van der Waals surface area contributed by atoms with Crippen molar-refractivity contribution < 1.29 is 0 Å². The summed E-state index contributed by atoms with van der Waals surface area (Å²) in [5.41, 5.74) is 1.30. The molecule has 0 saturated heterocycles. The lowest BCUT2D eigenvalue weighted by molar-refractivity contribution is 0.617. The maximum atomic E-state index is 12.9. The van der Waals surface area contributed by atoms with E-state index in [1.165, 1.54) is 15.3 Å². The minimum absolute atomic E-state index is 0.0339. The first-order valence-corrected chi connectivity index (χ1v) is 8.71. The smallest absolute Gasteiger partial charge is 0.262 e. The van der Waals surface area contributed by atoms with Crippen LogP contribution in [0.5, 0.6) is 0 Å². The highest BCUT2D eigenvalue weighted by molar-refractivity contribution is 7.18. The van der Waals surface area contributed by atoms with Crippen LogP contribution in [0.4, 0.5) is 0 Å². The zero-order valence-corrected chi connectivity index (χ0v) is 13.3. The minimum atomic E-state index is 0.0339. The van der Waals surface area contributed by atoms with Gasteiger partial charge in [0.2, 0.25) is 0 Å². The summed E-state index contributed by atoms with van der Waals surface area (Å²) in [6, 6.07) is 4.12. The molecular weight excluding hydrogens is 302 g/mol. The lowest BCUT2D eigenvalue weighted by Crippen LogP contribution is -2.26. The molecule has 0 fully saturated rings. The average molecular weight is 317 g/mol. The zero-order valence-electron chi connectivity index (χ0n) is 11.6. The first kappa shape index (κ1) is 13.2. The Morgan fingerprint density at radius 2 is 2.38 bits per heavy atom. The van der Waals surface area contributed by atoms with E-state index in [4.69, 9.17) is 0 Å². The highest BCUT2D eigenvalue weighted by atomic mass is 32.1. The first-order chi connectivity index (χ1) is 10.3. The van der Waals surface area contributed by atoms with E-state index in [0.717, 1.165) is 29.7 Å². The van der Waals surface area contributed by atoms with Gasteiger partial charge in [-0.15, -0.1) is 22.7 Å². The summed E-state index contributed by atoms with van der Waals surface area (Å²) in [6.07, 6.45) is 2.62. The third-order valence-corrected chi connectivity index (χ3v) is 6.21. The Morgan fingerprint density at radius 1 is 1.48 bits per heavy atom. The fourth-order valence-electron chi connectivity index (χ4n) is 2.87. The van der Waals surface area contributed by atoms with Crippen molar-refractivity contribution in [2.75, 3.05) is 6.54 Å². The van der Waals surface area contributed by atoms with Crippen LogP contribution in [0.25, 0.3) is 10.2 Å². The molecule has 4 heterocycles. The molecule has 1 aliphatic rings. The lowest BCUT2D eigenvalue weighted by atomic mass is 10.1. The van der Waals surface area contributed by atoms with Crippen LogP contribution in [0.2, 0.25) is 0 Å². The number of nitrogens with zero attached hydrogens (tertiary/aromatic N) is 2. The van der Waals surface area contributed by atoms with Gasteiger partial charge in [-0.25, -0.2) is 4.98 Å². The van der Waals surface area contributed by atoms with Gasteiger partial charge in [0.15, 0.2) is 0 Å². The van der Waals surface area contributed by atoms with Crippen molar-refractivity contribution in [2.45, 2.75) is 25.9 Å². The standard InChI is InChI=1S/C15H15N3OS2/c1-9(11-3-2-6-20-11)18-8-17-14-13(15(18)19)10-4-5-16-7-12(10)21-14/h2-3,6,8-9,16H,4-5,7H2,1H3/t9-/m0/s1. The van der Waals surface area contributed by atoms with Crippen molar-refractivity contribution in [3.8, 4) is 0 Å². The molecule has 6 heteroatoms. The van der Waals surface area contributed by atoms with Gasteiger partial charge < -0.3 is 5.32 Å². The molecule has 3 aromatic rings. The Morgan fingerprint density at radius 3 is 3.19 bits per heavy atom. The number of rotatable bonds is 2. The topological polar surface area (TPSA) is 46.9 Å². The molecular formula is C15H15N3OS2. The summed E-state index contributed by atoms with van der Waals surface area (Å²) in [5, 5.41) is 6.23. The molecule has 0 radical (unpaired) electrons. The monoisotopic (exact) mass is 317 g/mol. The van der Waals surface area contributed by atoms with Gasteiger partial charge in [0.05, 0.1) is 17.8 Å². The maximum Gasteiger partial charge on any atom is 0.262 e. The van der Waals surface area contributed by atoms with E-state index < -0.39 is 0 Å². The van der Waals surface area contributed by atoms with Crippen LogP contribution < -0.4 is 10.9 Å². The van der Waals surface area contributed by atoms with Gasteiger partial charge in [-0.2, -0.15) is 0 Å². The van der Waals surface area contributed by atoms with E-state index in [1.807, 2.05) is 11.4 Å². The molecule has 0 saturated carbocycles. The molecule has 0 amide bonds. The third-order valence-electron chi connectivity index (χ3n) is 4.03. The second kappa shape index (κ2) is 5.05. The molecule has 108 valence electrons. The molecule has 1 atom stereocenters. The molecule has 1 N–H and O–H groups in total. The highest BCUT2D eigenvalue weighted by Gasteiger charge is 2.21. The molecule has 0 aliphatic carbocycles. The summed E-state index contributed by atoms with van der Waals surface area (Å²) in [6.45, 7) is 3.85. The Kier molecular flexibility index (Phi) is 3.17. The van der Waals surface area contributed by atoms with Crippen LogP contribution in [0.15, 0.2) is 28.6 Å². The van der Waals surface area contributed by atoms with Crippen molar-refractivity contribution in [2.24, 2.45) is 0 Å². The first-order valence-electron chi connectivity index (χ1n) is 7.01. The van der Waals surface area contributed by atoms with Crippen LogP contribution in [-0.2, 0) is 13.0 Å². The molecule has 1 aliphatic heterocycles. The summed E-state index contributed by atoms with van der Waals surface area (Å²) in [4.78, 5) is 20.8. The largest absolute Gasteiger partial charge is 0.312 e. The van der Waals surface area contributed by atoms with Crippen molar-refractivity contribution in [3.63, 3.8) is 0 Å². The zero-order chi connectivity index (χ0) is 14.4. The van der Waals surface area contributed by atoms with Crippen molar-refractivity contribution in [3.05, 3.63) is 49.5 Å². The number of fused-ring (bicyclic) bond motifs is 3. The average Bonchev–Trinajstić information content (AvgIpc) is 3.14. The van der Waals surface area contributed by atoms with Gasteiger partial charge in [-0.1, -0.05) is 6.07 Å². The summed E-state index contributed by atoms with van der Waals surface area (Å²) in [5.74, 6) is 0. The van der Waals surface area contributed by atoms with Crippen molar-refractivity contribution in [1.29, 1.82) is 0 Å². The SMILES string of the molecule is C[C@@H](c1cccs1)n1cnc2sc3c(c2c1=O)CCNC3. The van der Waals surface area contributed by atoms with Crippen LogP contribution >= 0.6 is 22.7 Å². The number of hydrogen-bond donors (Lipinski definition) is 1. The molecule has 4 nitrogen and oxygen atoms in total. The Labute approximate surface area is 130 Å². The second-order valence-corrected chi connectivity index (χ2v) is 7.32. The Bertz CT molecular complexity index is 848. The molecule has 4 rings (SSSR count). The Hall–Kier alpha value is -1.50. The van der Waals surface area contributed by atoms with Crippen LogP contribution in [-0.4, -0.2) is 16.1 Å². The predicted octanol–water partition coefficient (Wildman–Crippen LogP) is 2.77. The molecule has 0 spiro atoms. The van der Waals surface area contributed by atoms with Gasteiger partial charge >= 0.3 is 0 Å². The van der Waals surface area contributed by atoms with E-state index >= 15 is 0 Å². The van der Waals surface area contributed by atoms with E-state index in [1.54, 1.807) is 33.6 Å². The van der Waals surface area contributed by atoms with E-state index in [2.05, 4.69) is 23.3 Å². The van der Waals surface area contributed by atoms with E-state index in [9.17, 15) is 4.79 Å². The molecule has 3 aromatic heterocycles. The summed E-state index contributed by atoms with van der Waals surface area (Å²) < 4.78 is 1.77. The van der Waals surface area contributed by atoms with Gasteiger partial charge in [-0.3, -0.25) is 9.36 Å². The number of nitrogens with one attached hydrogen (secondary N) is 1. The quantitative estimate of drug-likeness (QED) is 0.790. The van der Waals surface area contributed by atoms with Crippen LogP contribution in [0.1, 0.15) is 28.3 Å². The fourth-order valence-corrected chi connectivity index (χ4v) is 4.80. The second-order valence-electron chi connectivity index (χ2n) is 5.26. The number of thiophene rings is 2. The van der Waals surface area contributed by atoms with Gasteiger partial charge in [0.1, 0.15) is 4.83 Å². The maximum absolute atomic E-state index is 12.9. The summed E-state index contributed by atoms with van der Waals surface area (Å²) >= 11 is 3.32. The van der Waals surface area contributed by atoms with Crippen LogP contribution in [0.3, 0.4) is 0 Å². The number of aromatic nitrogens is 2. The van der Waals surface area contributed by atoms with Gasteiger partial charge in [0.25, 0.3) is 5.56 Å².